The molecule has 7 heteroatoms. The lowest BCUT2D eigenvalue weighted by molar-refractivity contribution is 0.585. The minimum Gasteiger partial charge on any atom is -0.244 e. The minimum atomic E-state index is -3.55. The lowest BCUT2D eigenvalue weighted by Crippen LogP contribution is -2.15. The standard InChI is InChI=1S/C15H13I2NO2S2/c1-10-4-6-11(7-5-10)22(19,20)18-8-2-3-13(18)15-14(17)12(16)9-21-15/h2-8,15H,9H2,1H3. The zero-order valence-corrected chi connectivity index (χ0v) is 17.6. The molecule has 116 valence electrons. The highest BCUT2D eigenvalue weighted by atomic mass is 127. The molecule has 1 aromatic heterocycles. The van der Waals surface area contributed by atoms with Gasteiger partial charge in [0.25, 0.3) is 10.0 Å². The van der Waals surface area contributed by atoms with Crippen LogP contribution in [0.2, 0.25) is 0 Å². The molecule has 1 aromatic carbocycles. The lowest BCUT2D eigenvalue weighted by Gasteiger charge is -2.15. The van der Waals surface area contributed by atoms with Crippen LogP contribution >= 0.6 is 56.9 Å². The molecule has 1 aliphatic heterocycles. The Morgan fingerprint density at radius 3 is 2.45 bits per heavy atom. The lowest BCUT2D eigenvalue weighted by atomic mass is 10.2. The molecule has 22 heavy (non-hydrogen) atoms. The van der Waals surface area contributed by atoms with Crippen LogP contribution in [0.5, 0.6) is 0 Å². The molecule has 2 heterocycles. The topological polar surface area (TPSA) is 39.1 Å². The van der Waals surface area contributed by atoms with Gasteiger partial charge in [-0.05, 0) is 76.4 Å². The first-order chi connectivity index (χ1) is 10.4. The summed E-state index contributed by atoms with van der Waals surface area (Å²) in [6, 6.07) is 10.7. The van der Waals surface area contributed by atoms with E-state index in [0.717, 1.165) is 17.0 Å². The van der Waals surface area contributed by atoms with Crippen molar-refractivity contribution in [2.75, 3.05) is 5.75 Å². The molecule has 1 aliphatic rings. The fourth-order valence-electron chi connectivity index (χ4n) is 2.28. The summed E-state index contributed by atoms with van der Waals surface area (Å²) in [6.45, 7) is 1.95. The van der Waals surface area contributed by atoms with Crippen molar-refractivity contribution < 1.29 is 8.42 Å². The Kier molecular flexibility index (Phi) is 4.96. The Morgan fingerprint density at radius 2 is 1.86 bits per heavy atom. The highest BCUT2D eigenvalue weighted by Gasteiger charge is 2.30. The van der Waals surface area contributed by atoms with Crippen molar-refractivity contribution in [2.45, 2.75) is 17.1 Å². The summed E-state index contributed by atoms with van der Waals surface area (Å²) in [7, 11) is -3.55. The van der Waals surface area contributed by atoms with Gasteiger partial charge in [0.05, 0.1) is 15.8 Å². The molecule has 3 rings (SSSR count). The Balaban J connectivity index is 2.07. The summed E-state index contributed by atoms with van der Waals surface area (Å²) in [6.07, 6.45) is 1.64. The second kappa shape index (κ2) is 6.48. The number of rotatable bonds is 3. The number of hydrogen-bond acceptors (Lipinski definition) is 3. The number of aromatic nitrogens is 1. The highest BCUT2D eigenvalue weighted by Crippen LogP contribution is 2.49. The fourth-order valence-corrected chi connectivity index (χ4v) is 7.22. The number of halogens is 2. The first-order valence-corrected chi connectivity index (χ1v) is 11.2. The molecular weight excluding hydrogens is 544 g/mol. The van der Waals surface area contributed by atoms with Gasteiger partial charge in [-0.15, -0.1) is 11.8 Å². The second-order valence-electron chi connectivity index (χ2n) is 4.99. The fraction of sp³-hybridized carbons (Fsp3) is 0.200. The number of hydrogen-bond donors (Lipinski definition) is 0. The van der Waals surface area contributed by atoms with Gasteiger partial charge in [-0.1, -0.05) is 17.7 Å². The Bertz CT molecular complexity index is 839. The van der Waals surface area contributed by atoms with Crippen LogP contribution < -0.4 is 0 Å². The summed E-state index contributed by atoms with van der Waals surface area (Å²) in [5.74, 6) is 0.944. The molecule has 0 amide bonds. The summed E-state index contributed by atoms with van der Waals surface area (Å²) in [5.41, 5.74) is 1.87. The second-order valence-corrected chi connectivity index (χ2v) is 10.4. The number of thioether (sulfide) groups is 1. The van der Waals surface area contributed by atoms with Gasteiger partial charge in [0.1, 0.15) is 0 Å². The predicted molar refractivity (Wildman–Crippen MR) is 108 cm³/mol. The molecule has 0 saturated heterocycles. The summed E-state index contributed by atoms with van der Waals surface area (Å²) in [4.78, 5) is 0.326. The Morgan fingerprint density at radius 1 is 1.18 bits per heavy atom. The Labute approximate surface area is 161 Å². The summed E-state index contributed by atoms with van der Waals surface area (Å²) < 4.78 is 29.8. The van der Waals surface area contributed by atoms with Crippen LogP contribution in [0.15, 0.2) is 54.7 Å². The molecule has 0 radical (unpaired) electrons. The van der Waals surface area contributed by atoms with E-state index >= 15 is 0 Å². The summed E-state index contributed by atoms with van der Waals surface area (Å²) >= 11 is 6.44. The molecular formula is C15H13I2NO2S2. The van der Waals surface area contributed by atoms with Crippen molar-refractivity contribution in [1.82, 2.24) is 3.97 Å². The van der Waals surface area contributed by atoms with E-state index < -0.39 is 10.0 Å². The maximum atomic E-state index is 12.9. The summed E-state index contributed by atoms with van der Waals surface area (Å²) in [5, 5.41) is 0.0997. The van der Waals surface area contributed by atoms with Gasteiger partial charge >= 0.3 is 0 Å². The predicted octanol–water partition coefficient (Wildman–Crippen LogP) is 4.90. The normalized spacial score (nSPS) is 19.0. The average Bonchev–Trinajstić information content (AvgIpc) is 3.08. The van der Waals surface area contributed by atoms with Gasteiger partial charge in [-0.3, -0.25) is 0 Å². The molecule has 2 aromatic rings. The number of aryl methyl sites for hydroxylation is 1. The first kappa shape index (κ1) is 16.8. The van der Waals surface area contributed by atoms with Crippen LogP contribution in [-0.2, 0) is 10.0 Å². The van der Waals surface area contributed by atoms with Crippen LogP contribution in [0.25, 0.3) is 0 Å². The zero-order valence-electron chi connectivity index (χ0n) is 11.7. The van der Waals surface area contributed by atoms with E-state index in [1.54, 1.807) is 36.2 Å². The minimum absolute atomic E-state index is 0.0997. The van der Waals surface area contributed by atoms with E-state index in [1.807, 2.05) is 25.1 Å². The van der Waals surface area contributed by atoms with Crippen LogP contribution in [0.1, 0.15) is 16.5 Å². The van der Waals surface area contributed by atoms with Crippen molar-refractivity contribution >= 4 is 67.0 Å². The van der Waals surface area contributed by atoms with Crippen molar-refractivity contribution in [3.63, 3.8) is 0 Å². The largest absolute Gasteiger partial charge is 0.267 e. The van der Waals surface area contributed by atoms with E-state index in [9.17, 15) is 8.42 Å². The smallest absolute Gasteiger partial charge is 0.244 e. The molecule has 1 unspecified atom stereocenters. The molecule has 0 N–H and O–H groups in total. The molecule has 0 spiro atoms. The van der Waals surface area contributed by atoms with Crippen molar-refractivity contribution in [2.24, 2.45) is 0 Å². The van der Waals surface area contributed by atoms with E-state index in [4.69, 9.17) is 0 Å². The maximum absolute atomic E-state index is 12.9. The van der Waals surface area contributed by atoms with E-state index in [2.05, 4.69) is 45.2 Å². The van der Waals surface area contributed by atoms with Crippen LogP contribution in [0, 0.1) is 6.92 Å². The van der Waals surface area contributed by atoms with Crippen molar-refractivity contribution in [3.8, 4) is 0 Å². The number of nitrogens with zero attached hydrogens (tertiary/aromatic N) is 1. The molecule has 0 saturated carbocycles. The third-order valence-corrected chi connectivity index (χ3v) is 10.6. The third-order valence-electron chi connectivity index (χ3n) is 3.46. The molecule has 0 bridgehead atoms. The quantitative estimate of drug-likeness (QED) is 0.505. The van der Waals surface area contributed by atoms with Gasteiger partial charge in [0.2, 0.25) is 0 Å². The molecule has 0 aliphatic carbocycles. The van der Waals surface area contributed by atoms with Gasteiger partial charge in [-0.2, -0.15) is 0 Å². The van der Waals surface area contributed by atoms with Crippen LogP contribution in [0.3, 0.4) is 0 Å². The van der Waals surface area contributed by atoms with Gasteiger partial charge in [0, 0.05) is 19.1 Å². The average molecular weight is 557 g/mol. The molecule has 3 nitrogen and oxygen atoms in total. The van der Waals surface area contributed by atoms with E-state index in [1.165, 1.54) is 11.1 Å². The SMILES string of the molecule is Cc1ccc(S(=O)(=O)n2cccc2C2SCC(I)=C2I)cc1. The monoisotopic (exact) mass is 557 g/mol. The first-order valence-electron chi connectivity index (χ1n) is 6.56. The Hall–Kier alpha value is -0.000000000000000111. The van der Waals surface area contributed by atoms with Gasteiger partial charge in [0.15, 0.2) is 0 Å². The third kappa shape index (κ3) is 3.01. The van der Waals surface area contributed by atoms with Gasteiger partial charge in [-0.25, -0.2) is 12.4 Å². The van der Waals surface area contributed by atoms with Crippen LogP contribution in [0.4, 0.5) is 0 Å². The van der Waals surface area contributed by atoms with Crippen molar-refractivity contribution in [1.29, 1.82) is 0 Å². The molecule has 0 fully saturated rings. The van der Waals surface area contributed by atoms with Crippen LogP contribution in [-0.4, -0.2) is 18.1 Å². The maximum Gasteiger partial charge on any atom is 0.267 e. The molecule has 1 atom stereocenters. The van der Waals surface area contributed by atoms with Crippen molar-refractivity contribution in [3.05, 3.63) is 61.0 Å². The van der Waals surface area contributed by atoms with E-state index in [0.29, 0.717) is 4.90 Å². The highest BCUT2D eigenvalue weighted by molar-refractivity contribution is 14.1. The number of benzene rings is 1. The zero-order chi connectivity index (χ0) is 15.9. The van der Waals surface area contributed by atoms with Gasteiger partial charge < -0.3 is 0 Å². The van der Waals surface area contributed by atoms with E-state index in [-0.39, 0.29) is 5.25 Å².